The summed E-state index contributed by atoms with van der Waals surface area (Å²) < 4.78 is 64.7. The molecule has 0 unspecified atom stereocenters. The van der Waals surface area contributed by atoms with Crippen LogP contribution in [0.2, 0.25) is 0 Å². The fraction of sp³-hybridized carbons (Fsp3) is 0.118. The van der Waals surface area contributed by atoms with Crippen molar-refractivity contribution in [3.8, 4) is 0 Å². The Kier molecular flexibility index (Phi) is 6.30. The highest BCUT2D eigenvalue weighted by Crippen LogP contribution is 2.33. The molecule has 0 atom stereocenters. The second kappa shape index (κ2) is 8.12. The third kappa shape index (κ3) is 5.09. The molecular weight excluding hydrogens is 407 g/mol. The first-order chi connectivity index (χ1) is 12.6. The van der Waals surface area contributed by atoms with Crippen molar-refractivity contribution in [1.29, 1.82) is 0 Å². The molecule has 0 saturated heterocycles. The van der Waals surface area contributed by atoms with E-state index in [9.17, 15) is 26.4 Å². The fourth-order valence-corrected chi connectivity index (χ4v) is 3.55. The van der Waals surface area contributed by atoms with Crippen LogP contribution in [-0.4, -0.2) is 20.8 Å². The molecule has 0 heterocycles. The van der Waals surface area contributed by atoms with Gasteiger partial charge in [0, 0.05) is 0 Å². The molecule has 27 heavy (non-hydrogen) atoms. The minimum Gasteiger partial charge on any atom is -0.276 e. The minimum absolute atomic E-state index is 0.245. The first-order valence-corrected chi connectivity index (χ1v) is 9.12. The van der Waals surface area contributed by atoms with Gasteiger partial charge in [0.2, 0.25) is 5.24 Å². The normalized spacial score (nSPS) is 12.3. The maximum Gasteiger partial charge on any atom is 0.416 e. The van der Waals surface area contributed by atoms with Crippen LogP contribution in [0.3, 0.4) is 0 Å². The van der Waals surface area contributed by atoms with Gasteiger partial charge < -0.3 is 0 Å². The summed E-state index contributed by atoms with van der Waals surface area (Å²) in [6.45, 7) is 0. The van der Waals surface area contributed by atoms with Crippen molar-refractivity contribution in [2.24, 2.45) is 0 Å². The van der Waals surface area contributed by atoms with Gasteiger partial charge in [-0.25, -0.2) is 0 Å². The van der Waals surface area contributed by atoms with Gasteiger partial charge in [0.15, 0.2) is 0 Å². The first kappa shape index (κ1) is 20.9. The number of alkyl halides is 3. The van der Waals surface area contributed by atoms with E-state index in [0.717, 1.165) is 25.3 Å². The molecule has 0 aliphatic heterocycles. The molecule has 0 aliphatic rings. The van der Waals surface area contributed by atoms with Crippen LogP contribution >= 0.6 is 11.6 Å². The van der Waals surface area contributed by atoms with Gasteiger partial charge in [0.25, 0.3) is 10.0 Å². The molecule has 0 bridgehead atoms. The number of allylic oxidation sites excluding steroid dienone is 1. The zero-order chi connectivity index (χ0) is 20.2. The SMILES string of the molecule is CON(c1cccc(C(F)(F)F)c1)S(=O)(=O)c1cccc(C=CC(=O)Cl)c1. The maximum absolute atomic E-state index is 12.9. The van der Waals surface area contributed by atoms with Crippen molar-refractivity contribution in [2.75, 3.05) is 11.6 Å². The number of nitrogens with zero attached hydrogens (tertiary/aromatic N) is 1. The van der Waals surface area contributed by atoms with Gasteiger partial charge in [0.1, 0.15) is 0 Å². The van der Waals surface area contributed by atoms with Crippen LogP contribution < -0.4 is 4.47 Å². The quantitative estimate of drug-likeness (QED) is 0.399. The lowest BCUT2D eigenvalue weighted by atomic mass is 10.2. The summed E-state index contributed by atoms with van der Waals surface area (Å²) in [6, 6.07) is 9.13. The number of carbonyl (C=O) groups is 1. The molecule has 0 amide bonds. The molecule has 0 aliphatic carbocycles. The van der Waals surface area contributed by atoms with Crippen molar-refractivity contribution in [3.05, 3.63) is 65.7 Å². The lowest BCUT2D eigenvalue weighted by Crippen LogP contribution is -2.30. The number of benzene rings is 2. The lowest BCUT2D eigenvalue weighted by molar-refractivity contribution is -0.137. The van der Waals surface area contributed by atoms with Crippen molar-refractivity contribution >= 4 is 38.6 Å². The summed E-state index contributed by atoms with van der Waals surface area (Å²) in [5.74, 6) is 0. The summed E-state index contributed by atoms with van der Waals surface area (Å²) in [6.07, 6.45) is -2.30. The highest BCUT2D eigenvalue weighted by Gasteiger charge is 2.32. The second-order valence-corrected chi connectivity index (χ2v) is 7.30. The summed E-state index contributed by atoms with van der Waals surface area (Å²) in [4.78, 5) is 15.4. The molecule has 0 saturated carbocycles. The Labute approximate surface area is 158 Å². The predicted octanol–water partition coefficient (Wildman–Crippen LogP) is 4.24. The molecule has 144 valence electrons. The fourth-order valence-electron chi connectivity index (χ4n) is 2.17. The zero-order valence-corrected chi connectivity index (χ0v) is 15.3. The van der Waals surface area contributed by atoms with Crippen molar-refractivity contribution in [3.63, 3.8) is 0 Å². The standard InChI is InChI=1S/C17H13ClF3NO4S/c1-26-22(14-6-3-5-13(11-14)17(19,20)21)27(24,25)15-7-2-4-12(10-15)8-9-16(18)23/h2-11H,1H3. The van der Waals surface area contributed by atoms with Gasteiger partial charge in [-0.15, -0.1) is 4.47 Å². The minimum atomic E-state index is -4.64. The Balaban J connectivity index is 2.48. The zero-order valence-electron chi connectivity index (χ0n) is 13.8. The molecule has 0 aromatic heterocycles. The maximum atomic E-state index is 12.9. The number of sulfonamides is 1. The van der Waals surface area contributed by atoms with Gasteiger partial charge in [-0.1, -0.05) is 24.3 Å². The monoisotopic (exact) mass is 419 g/mol. The molecule has 2 rings (SSSR count). The number of halogens is 4. The third-order valence-corrected chi connectivity index (χ3v) is 5.10. The van der Waals surface area contributed by atoms with E-state index in [1.807, 2.05) is 0 Å². The van der Waals surface area contributed by atoms with E-state index in [0.29, 0.717) is 16.1 Å². The molecular formula is C17H13ClF3NO4S. The van der Waals surface area contributed by atoms with E-state index in [1.165, 1.54) is 36.4 Å². The van der Waals surface area contributed by atoms with Crippen molar-refractivity contribution in [1.82, 2.24) is 0 Å². The van der Waals surface area contributed by atoms with Crippen molar-refractivity contribution in [2.45, 2.75) is 11.1 Å². The Morgan fingerprint density at radius 2 is 1.81 bits per heavy atom. The lowest BCUT2D eigenvalue weighted by Gasteiger charge is -2.22. The third-order valence-electron chi connectivity index (χ3n) is 3.33. The Morgan fingerprint density at radius 1 is 1.15 bits per heavy atom. The molecule has 0 radical (unpaired) electrons. The van der Waals surface area contributed by atoms with Crippen LogP contribution in [0.25, 0.3) is 6.08 Å². The molecule has 2 aromatic carbocycles. The first-order valence-electron chi connectivity index (χ1n) is 7.30. The Morgan fingerprint density at radius 3 is 2.41 bits per heavy atom. The van der Waals surface area contributed by atoms with Crippen LogP contribution in [-0.2, 0) is 25.8 Å². The van der Waals surface area contributed by atoms with Crippen LogP contribution in [0.1, 0.15) is 11.1 Å². The van der Waals surface area contributed by atoms with Gasteiger partial charge in [0.05, 0.1) is 23.3 Å². The topological polar surface area (TPSA) is 63.7 Å². The molecule has 0 N–H and O–H groups in total. The molecule has 0 spiro atoms. The van der Waals surface area contributed by atoms with Crippen molar-refractivity contribution < 1.29 is 31.2 Å². The van der Waals surface area contributed by atoms with Gasteiger partial charge in [-0.2, -0.15) is 21.6 Å². The number of carbonyl (C=O) groups excluding carboxylic acids is 1. The predicted molar refractivity (Wildman–Crippen MR) is 94.5 cm³/mol. The Hall–Kier alpha value is -2.36. The number of hydrogen-bond donors (Lipinski definition) is 0. The van der Waals surface area contributed by atoms with E-state index in [1.54, 1.807) is 0 Å². The largest absolute Gasteiger partial charge is 0.416 e. The molecule has 10 heteroatoms. The summed E-state index contributed by atoms with van der Waals surface area (Å²) >= 11 is 5.20. The smallest absolute Gasteiger partial charge is 0.276 e. The highest BCUT2D eigenvalue weighted by molar-refractivity contribution is 7.92. The van der Waals surface area contributed by atoms with E-state index >= 15 is 0 Å². The van der Waals surface area contributed by atoms with E-state index < -0.39 is 27.0 Å². The van der Waals surface area contributed by atoms with Crippen LogP contribution in [0.15, 0.2) is 59.5 Å². The van der Waals surface area contributed by atoms with E-state index in [4.69, 9.17) is 16.4 Å². The second-order valence-electron chi connectivity index (χ2n) is 5.17. The Bertz CT molecular complexity index is 974. The van der Waals surface area contributed by atoms with Gasteiger partial charge in [-0.05, 0) is 53.6 Å². The number of anilines is 1. The number of rotatable bonds is 6. The average Bonchev–Trinajstić information content (AvgIpc) is 2.60. The van der Waals surface area contributed by atoms with Crippen LogP contribution in [0, 0.1) is 0 Å². The van der Waals surface area contributed by atoms with Gasteiger partial charge >= 0.3 is 6.18 Å². The summed E-state index contributed by atoms with van der Waals surface area (Å²) in [5.41, 5.74) is -0.982. The van der Waals surface area contributed by atoms with E-state index in [2.05, 4.69) is 0 Å². The summed E-state index contributed by atoms with van der Waals surface area (Å²) in [7, 11) is -3.31. The number of hydrogen-bond acceptors (Lipinski definition) is 4. The van der Waals surface area contributed by atoms with Crippen LogP contribution in [0.4, 0.5) is 18.9 Å². The van der Waals surface area contributed by atoms with E-state index in [-0.39, 0.29) is 10.6 Å². The molecule has 0 fully saturated rings. The van der Waals surface area contributed by atoms with Gasteiger partial charge in [-0.3, -0.25) is 9.63 Å². The average molecular weight is 420 g/mol. The summed E-state index contributed by atoms with van der Waals surface area (Å²) in [5, 5.41) is -0.745. The van der Waals surface area contributed by atoms with Crippen LogP contribution in [0.5, 0.6) is 0 Å². The molecule has 2 aromatic rings. The highest BCUT2D eigenvalue weighted by atomic mass is 35.5. The molecule has 5 nitrogen and oxygen atoms in total.